The summed E-state index contributed by atoms with van der Waals surface area (Å²) in [6.07, 6.45) is 2.90. The summed E-state index contributed by atoms with van der Waals surface area (Å²) in [5, 5.41) is 14.6. The zero-order valence-corrected chi connectivity index (χ0v) is 16.8. The minimum absolute atomic E-state index is 0. The standard InChI is InChI=1S/C18H27N3O5.ClH/c1-4-26-17-12-15(21(23)24)14(11-16(17)25-3)18(22)20-9-6-13(7-10-20)5-8-19-2;/h11-13,19H,4-10H2,1-3H3;1H. The van der Waals surface area contributed by atoms with Crippen LogP contribution in [0.3, 0.4) is 0 Å². The van der Waals surface area contributed by atoms with E-state index in [9.17, 15) is 14.9 Å². The van der Waals surface area contributed by atoms with E-state index in [1.54, 1.807) is 11.8 Å². The number of carbonyl (C=O) groups is 1. The Morgan fingerprint density at radius 3 is 2.52 bits per heavy atom. The van der Waals surface area contributed by atoms with Crippen molar-refractivity contribution in [2.45, 2.75) is 26.2 Å². The number of nitro groups is 1. The van der Waals surface area contributed by atoms with Gasteiger partial charge in [-0.3, -0.25) is 14.9 Å². The number of halogens is 1. The molecule has 1 aromatic carbocycles. The molecule has 0 unspecified atom stereocenters. The molecule has 1 aliphatic rings. The summed E-state index contributed by atoms with van der Waals surface area (Å²) in [6, 6.07) is 2.69. The van der Waals surface area contributed by atoms with E-state index < -0.39 is 4.92 Å². The monoisotopic (exact) mass is 401 g/mol. The normalized spacial score (nSPS) is 14.4. The smallest absolute Gasteiger partial charge is 0.286 e. The third-order valence-corrected chi connectivity index (χ3v) is 4.71. The topological polar surface area (TPSA) is 93.9 Å². The lowest BCUT2D eigenvalue weighted by Crippen LogP contribution is -2.39. The SMILES string of the molecule is CCOc1cc([N+](=O)[O-])c(C(=O)N2CCC(CCNC)CC2)cc1OC.Cl. The van der Waals surface area contributed by atoms with Gasteiger partial charge in [0.2, 0.25) is 0 Å². The predicted octanol–water partition coefficient (Wildman–Crippen LogP) is 2.89. The second-order valence-electron chi connectivity index (χ2n) is 6.34. The van der Waals surface area contributed by atoms with E-state index in [1.807, 2.05) is 7.05 Å². The Hall–Kier alpha value is -2.06. The van der Waals surface area contributed by atoms with Crippen molar-refractivity contribution in [3.63, 3.8) is 0 Å². The Morgan fingerprint density at radius 2 is 2.00 bits per heavy atom. The van der Waals surface area contributed by atoms with Crippen LogP contribution in [0.5, 0.6) is 11.5 Å². The molecule has 9 heteroatoms. The quantitative estimate of drug-likeness (QED) is 0.531. The molecular formula is C18H28ClN3O5. The van der Waals surface area contributed by atoms with Crippen LogP contribution < -0.4 is 14.8 Å². The van der Waals surface area contributed by atoms with Crippen LogP contribution in [0.4, 0.5) is 5.69 Å². The maximum absolute atomic E-state index is 12.9. The molecule has 0 aliphatic carbocycles. The fourth-order valence-electron chi connectivity index (χ4n) is 3.24. The van der Waals surface area contributed by atoms with Gasteiger partial charge in [0.25, 0.3) is 11.6 Å². The number of nitrogens with one attached hydrogen (secondary N) is 1. The molecule has 0 bridgehead atoms. The number of carbonyl (C=O) groups excluding carboxylic acids is 1. The van der Waals surface area contributed by atoms with Gasteiger partial charge >= 0.3 is 0 Å². The zero-order valence-electron chi connectivity index (χ0n) is 16.0. The summed E-state index contributed by atoms with van der Waals surface area (Å²) in [6.45, 7) is 4.31. The van der Waals surface area contributed by atoms with Crippen molar-refractivity contribution in [3.05, 3.63) is 27.8 Å². The molecule has 0 saturated carbocycles. The molecule has 152 valence electrons. The van der Waals surface area contributed by atoms with Gasteiger partial charge in [-0.2, -0.15) is 0 Å². The number of hydrogen-bond donors (Lipinski definition) is 1. The number of benzene rings is 1. The maximum Gasteiger partial charge on any atom is 0.286 e. The van der Waals surface area contributed by atoms with Crippen LogP contribution in [-0.4, -0.2) is 56.1 Å². The Labute approximate surface area is 165 Å². The minimum Gasteiger partial charge on any atom is -0.493 e. The summed E-state index contributed by atoms with van der Waals surface area (Å²) in [7, 11) is 3.38. The molecule has 1 aliphatic heterocycles. The van der Waals surface area contributed by atoms with Crippen LogP contribution in [0.1, 0.15) is 36.5 Å². The Morgan fingerprint density at radius 1 is 1.33 bits per heavy atom. The highest BCUT2D eigenvalue weighted by Crippen LogP contribution is 2.36. The number of methoxy groups -OCH3 is 1. The number of hydrogen-bond acceptors (Lipinski definition) is 6. The highest BCUT2D eigenvalue weighted by Gasteiger charge is 2.30. The van der Waals surface area contributed by atoms with Crippen molar-refractivity contribution < 1.29 is 19.2 Å². The Kier molecular flexibility index (Phi) is 9.31. The van der Waals surface area contributed by atoms with Gasteiger partial charge in [0.05, 0.1) is 24.7 Å². The number of nitrogens with zero attached hydrogens (tertiary/aromatic N) is 2. The molecule has 1 aromatic rings. The van der Waals surface area contributed by atoms with E-state index >= 15 is 0 Å². The molecular weight excluding hydrogens is 374 g/mol. The van der Waals surface area contributed by atoms with Crippen LogP contribution in [0.15, 0.2) is 12.1 Å². The molecule has 1 saturated heterocycles. The van der Waals surface area contributed by atoms with Crippen molar-refractivity contribution in [2.24, 2.45) is 5.92 Å². The lowest BCUT2D eigenvalue weighted by molar-refractivity contribution is -0.385. The maximum atomic E-state index is 12.9. The minimum atomic E-state index is -0.547. The number of likely N-dealkylation sites (tertiary alicyclic amines) is 1. The van der Waals surface area contributed by atoms with E-state index in [0.717, 1.165) is 25.8 Å². The van der Waals surface area contributed by atoms with E-state index in [-0.39, 0.29) is 35.3 Å². The Bertz CT molecular complexity index is 648. The average molecular weight is 402 g/mol. The van der Waals surface area contributed by atoms with Gasteiger partial charge in [-0.15, -0.1) is 12.4 Å². The summed E-state index contributed by atoms with van der Waals surface area (Å²) >= 11 is 0. The first-order chi connectivity index (χ1) is 12.5. The molecule has 8 nitrogen and oxygen atoms in total. The third kappa shape index (κ3) is 5.71. The lowest BCUT2D eigenvalue weighted by Gasteiger charge is -2.32. The number of rotatable bonds is 8. The van der Waals surface area contributed by atoms with Crippen molar-refractivity contribution in [3.8, 4) is 11.5 Å². The lowest BCUT2D eigenvalue weighted by atomic mass is 9.93. The van der Waals surface area contributed by atoms with Gasteiger partial charge in [0.15, 0.2) is 11.5 Å². The van der Waals surface area contributed by atoms with Crippen LogP contribution in [-0.2, 0) is 0 Å². The first-order valence-corrected chi connectivity index (χ1v) is 8.94. The summed E-state index contributed by atoms with van der Waals surface area (Å²) in [5.74, 6) is 0.843. The zero-order chi connectivity index (χ0) is 19.1. The largest absolute Gasteiger partial charge is 0.493 e. The molecule has 1 heterocycles. The van der Waals surface area contributed by atoms with Crippen molar-refractivity contribution in [1.82, 2.24) is 10.2 Å². The van der Waals surface area contributed by atoms with E-state index in [4.69, 9.17) is 9.47 Å². The first kappa shape index (κ1) is 23.0. The van der Waals surface area contributed by atoms with E-state index in [2.05, 4.69) is 5.32 Å². The van der Waals surface area contributed by atoms with Crippen LogP contribution in [0, 0.1) is 16.0 Å². The highest BCUT2D eigenvalue weighted by molar-refractivity contribution is 5.99. The van der Waals surface area contributed by atoms with Gasteiger partial charge in [0, 0.05) is 19.2 Å². The number of ether oxygens (including phenoxy) is 2. The Balaban J connectivity index is 0.00000364. The third-order valence-electron chi connectivity index (χ3n) is 4.71. The van der Waals surface area contributed by atoms with Gasteiger partial charge in [-0.25, -0.2) is 0 Å². The number of amides is 1. The second kappa shape index (κ2) is 10.9. The van der Waals surface area contributed by atoms with Crippen molar-refractivity contribution in [2.75, 3.05) is 40.4 Å². The van der Waals surface area contributed by atoms with Crippen LogP contribution >= 0.6 is 12.4 Å². The molecule has 0 atom stereocenters. The molecule has 1 fully saturated rings. The fraction of sp³-hybridized carbons (Fsp3) is 0.611. The first-order valence-electron chi connectivity index (χ1n) is 8.94. The molecule has 2 rings (SSSR count). The molecule has 27 heavy (non-hydrogen) atoms. The summed E-state index contributed by atoms with van der Waals surface area (Å²) in [4.78, 5) is 25.5. The fourth-order valence-corrected chi connectivity index (χ4v) is 3.24. The molecule has 0 spiro atoms. The number of nitro benzene ring substituents is 1. The molecule has 1 amide bonds. The summed E-state index contributed by atoms with van der Waals surface area (Å²) < 4.78 is 10.6. The number of piperidine rings is 1. The van der Waals surface area contributed by atoms with E-state index in [1.165, 1.54) is 19.2 Å². The summed E-state index contributed by atoms with van der Waals surface area (Å²) in [5.41, 5.74) is -0.208. The molecule has 0 aromatic heterocycles. The van der Waals surface area contributed by atoms with Crippen molar-refractivity contribution >= 4 is 24.0 Å². The van der Waals surface area contributed by atoms with Crippen molar-refractivity contribution in [1.29, 1.82) is 0 Å². The highest BCUT2D eigenvalue weighted by atomic mass is 35.5. The predicted molar refractivity (Wildman–Crippen MR) is 105 cm³/mol. The average Bonchev–Trinajstić information content (AvgIpc) is 2.66. The van der Waals surface area contributed by atoms with Crippen LogP contribution in [0.2, 0.25) is 0 Å². The second-order valence-corrected chi connectivity index (χ2v) is 6.34. The molecule has 0 radical (unpaired) electrons. The van der Waals surface area contributed by atoms with Gasteiger partial charge in [-0.1, -0.05) is 0 Å². The van der Waals surface area contributed by atoms with Gasteiger partial charge in [-0.05, 0) is 45.7 Å². The molecule has 1 N–H and O–H groups in total. The van der Waals surface area contributed by atoms with Gasteiger partial charge < -0.3 is 19.7 Å². The van der Waals surface area contributed by atoms with Crippen LogP contribution in [0.25, 0.3) is 0 Å². The van der Waals surface area contributed by atoms with E-state index in [0.29, 0.717) is 31.4 Å². The van der Waals surface area contributed by atoms with Gasteiger partial charge in [0.1, 0.15) is 5.56 Å².